The number of carbonyl (C=O) groups excluding carboxylic acids is 2. The summed E-state index contributed by atoms with van der Waals surface area (Å²) in [5, 5.41) is 11.5. The van der Waals surface area contributed by atoms with Gasteiger partial charge in [-0.3, -0.25) is 14.4 Å². The quantitative estimate of drug-likeness (QED) is 0.663. The average Bonchev–Trinajstić information content (AvgIpc) is 2.46. The van der Waals surface area contributed by atoms with Crippen LogP contribution in [-0.2, 0) is 14.4 Å². The Labute approximate surface area is 125 Å². The maximum Gasteiger partial charge on any atom is 0.305 e. The van der Waals surface area contributed by atoms with E-state index < -0.39 is 5.97 Å². The highest BCUT2D eigenvalue weighted by Crippen LogP contribution is 2.25. The van der Waals surface area contributed by atoms with Gasteiger partial charge < -0.3 is 15.3 Å². The van der Waals surface area contributed by atoms with Gasteiger partial charge in [0.05, 0.1) is 6.42 Å². The third-order valence-electron chi connectivity index (χ3n) is 3.84. The fourth-order valence-electron chi connectivity index (χ4n) is 2.70. The van der Waals surface area contributed by atoms with E-state index in [0.29, 0.717) is 19.5 Å². The van der Waals surface area contributed by atoms with Gasteiger partial charge in [-0.05, 0) is 19.3 Å². The molecule has 6 nitrogen and oxygen atoms in total. The van der Waals surface area contributed by atoms with Gasteiger partial charge in [0, 0.05) is 32.5 Å². The first kappa shape index (κ1) is 17.5. The van der Waals surface area contributed by atoms with E-state index in [1.807, 2.05) is 0 Å². The van der Waals surface area contributed by atoms with Gasteiger partial charge in [0.15, 0.2) is 0 Å². The van der Waals surface area contributed by atoms with Crippen LogP contribution < -0.4 is 5.32 Å². The summed E-state index contributed by atoms with van der Waals surface area (Å²) in [6.07, 6.45) is 5.78. The molecule has 0 aromatic heterocycles. The monoisotopic (exact) mass is 298 g/mol. The highest BCUT2D eigenvalue weighted by Gasteiger charge is 2.25. The molecule has 6 heteroatoms. The lowest BCUT2D eigenvalue weighted by molar-refractivity contribution is -0.140. The Morgan fingerprint density at radius 2 is 1.81 bits per heavy atom. The number of nitrogens with zero attached hydrogens (tertiary/aromatic N) is 1. The Hall–Kier alpha value is -1.59. The summed E-state index contributed by atoms with van der Waals surface area (Å²) < 4.78 is 0. The molecule has 0 bridgehead atoms. The molecule has 1 aliphatic rings. The molecule has 2 N–H and O–H groups in total. The van der Waals surface area contributed by atoms with E-state index in [-0.39, 0.29) is 30.7 Å². The van der Waals surface area contributed by atoms with Crippen molar-refractivity contribution < 1.29 is 19.5 Å². The van der Waals surface area contributed by atoms with Crippen molar-refractivity contribution in [2.75, 3.05) is 19.6 Å². The molecule has 1 fully saturated rings. The Morgan fingerprint density at radius 3 is 2.38 bits per heavy atom. The number of amides is 2. The first-order valence-corrected chi connectivity index (χ1v) is 7.75. The molecule has 0 aliphatic heterocycles. The van der Waals surface area contributed by atoms with Crippen molar-refractivity contribution in [3.8, 4) is 0 Å². The number of aliphatic carboxylic acids is 1. The molecule has 1 aliphatic carbocycles. The maximum absolute atomic E-state index is 12.5. The van der Waals surface area contributed by atoms with Crippen LogP contribution in [-0.4, -0.2) is 47.4 Å². The average molecular weight is 298 g/mol. The van der Waals surface area contributed by atoms with Crippen LogP contribution in [0.3, 0.4) is 0 Å². The Kier molecular flexibility index (Phi) is 7.79. The number of carboxylic acids is 1. The normalized spacial score (nSPS) is 15.5. The molecular formula is C15H26N2O4. The molecular weight excluding hydrogens is 272 g/mol. The smallest absolute Gasteiger partial charge is 0.305 e. The van der Waals surface area contributed by atoms with Gasteiger partial charge in [-0.15, -0.1) is 0 Å². The van der Waals surface area contributed by atoms with Crippen molar-refractivity contribution in [1.29, 1.82) is 0 Å². The molecule has 0 spiro atoms. The molecule has 21 heavy (non-hydrogen) atoms. The third-order valence-corrected chi connectivity index (χ3v) is 3.84. The lowest BCUT2D eigenvalue weighted by Gasteiger charge is -2.29. The van der Waals surface area contributed by atoms with Gasteiger partial charge >= 0.3 is 5.97 Å². The highest BCUT2D eigenvalue weighted by atomic mass is 16.4. The summed E-state index contributed by atoms with van der Waals surface area (Å²) in [7, 11) is 0. The Morgan fingerprint density at radius 1 is 1.14 bits per heavy atom. The Balaban J connectivity index is 2.47. The molecule has 1 saturated carbocycles. The van der Waals surface area contributed by atoms with Crippen LogP contribution in [0, 0.1) is 5.92 Å². The molecule has 0 atom stereocenters. The summed E-state index contributed by atoms with van der Waals surface area (Å²) in [5.74, 6) is -0.851. The molecule has 0 aromatic carbocycles. The summed E-state index contributed by atoms with van der Waals surface area (Å²) in [4.78, 5) is 35.7. The summed E-state index contributed by atoms with van der Waals surface area (Å²) >= 11 is 0. The molecule has 0 radical (unpaired) electrons. The van der Waals surface area contributed by atoms with E-state index in [2.05, 4.69) is 5.32 Å². The zero-order chi connectivity index (χ0) is 15.7. The lowest BCUT2D eigenvalue weighted by atomic mass is 9.88. The van der Waals surface area contributed by atoms with Gasteiger partial charge in [-0.25, -0.2) is 0 Å². The maximum atomic E-state index is 12.5. The van der Waals surface area contributed by atoms with Crippen LogP contribution in [0.1, 0.15) is 51.9 Å². The molecule has 0 unspecified atom stereocenters. The van der Waals surface area contributed by atoms with Crippen LogP contribution in [0.5, 0.6) is 0 Å². The van der Waals surface area contributed by atoms with E-state index in [1.54, 1.807) is 4.90 Å². The van der Waals surface area contributed by atoms with Gasteiger partial charge in [0.25, 0.3) is 0 Å². The molecule has 2 amide bonds. The van der Waals surface area contributed by atoms with Crippen molar-refractivity contribution >= 4 is 17.8 Å². The third kappa shape index (κ3) is 7.11. The predicted molar refractivity (Wildman–Crippen MR) is 78.7 cm³/mol. The highest BCUT2D eigenvalue weighted by molar-refractivity contribution is 5.79. The molecule has 0 aromatic rings. The van der Waals surface area contributed by atoms with Crippen LogP contribution in [0.25, 0.3) is 0 Å². The summed E-state index contributed by atoms with van der Waals surface area (Å²) in [6, 6.07) is 0. The number of hydrogen-bond donors (Lipinski definition) is 2. The van der Waals surface area contributed by atoms with Crippen LogP contribution in [0.2, 0.25) is 0 Å². The second kappa shape index (κ2) is 9.37. The van der Waals surface area contributed by atoms with Crippen molar-refractivity contribution in [1.82, 2.24) is 10.2 Å². The topological polar surface area (TPSA) is 86.7 Å². The van der Waals surface area contributed by atoms with Crippen molar-refractivity contribution in [3.05, 3.63) is 0 Å². The first-order valence-electron chi connectivity index (χ1n) is 7.75. The number of hydrogen-bond acceptors (Lipinski definition) is 3. The molecule has 120 valence electrons. The first-order chi connectivity index (χ1) is 10.0. The minimum atomic E-state index is -0.890. The molecule has 1 rings (SSSR count). The summed E-state index contributed by atoms with van der Waals surface area (Å²) in [5.41, 5.74) is 0. The number of carbonyl (C=O) groups is 3. The number of carboxylic acid groups (broad SMARTS) is 1. The zero-order valence-electron chi connectivity index (χ0n) is 12.8. The van der Waals surface area contributed by atoms with E-state index in [0.717, 1.165) is 25.7 Å². The van der Waals surface area contributed by atoms with Crippen molar-refractivity contribution in [3.63, 3.8) is 0 Å². The number of rotatable bonds is 8. The van der Waals surface area contributed by atoms with E-state index in [4.69, 9.17) is 5.11 Å². The second-order valence-electron chi connectivity index (χ2n) is 5.64. The fraction of sp³-hybridized carbons (Fsp3) is 0.800. The van der Waals surface area contributed by atoms with E-state index in [1.165, 1.54) is 13.3 Å². The molecule has 0 saturated heterocycles. The fourth-order valence-corrected chi connectivity index (χ4v) is 2.70. The minimum Gasteiger partial charge on any atom is -0.481 e. The SMILES string of the molecule is CC(=O)NCCCN(CCC(=O)O)C(=O)C1CCCCC1. The standard InChI is InChI=1S/C15H26N2O4/c1-12(18)16-9-5-10-17(11-8-14(19)20)15(21)13-6-3-2-4-7-13/h13H,2-11H2,1H3,(H,16,18)(H,19,20). The van der Waals surface area contributed by atoms with Crippen molar-refractivity contribution in [2.45, 2.75) is 51.9 Å². The zero-order valence-corrected chi connectivity index (χ0v) is 12.8. The van der Waals surface area contributed by atoms with Gasteiger partial charge in [-0.2, -0.15) is 0 Å². The van der Waals surface area contributed by atoms with Gasteiger partial charge in [0.1, 0.15) is 0 Å². The van der Waals surface area contributed by atoms with Crippen LogP contribution in [0.4, 0.5) is 0 Å². The molecule has 0 heterocycles. The van der Waals surface area contributed by atoms with E-state index >= 15 is 0 Å². The number of nitrogens with one attached hydrogen (secondary N) is 1. The van der Waals surface area contributed by atoms with Crippen LogP contribution >= 0.6 is 0 Å². The van der Waals surface area contributed by atoms with Gasteiger partial charge in [-0.1, -0.05) is 19.3 Å². The second-order valence-corrected chi connectivity index (χ2v) is 5.64. The van der Waals surface area contributed by atoms with Crippen molar-refractivity contribution in [2.24, 2.45) is 5.92 Å². The predicted octanol–water partition coefficient (Wildman–Crippen LogP) is 1.40. The largest absolute Gasteiger partial charge is 0.481 e. The minimum absolute atomic E-state index is 0.0292. The summed E-state index contributed by atoms with van der Waals surface area (Å²) in [6.45, 7) is 2.72. The van der Waals surface area contributed by atoms with E-state index in [9.17, 15) is 14.4 Å². The van der Waals surface area contributed by atoms with Gasteiger partial charge in [0.2, 0.25) is 11.8 Å². The lowest BCUT2D eigenvalue weighted by Crippen LogP contribution is -2.40. The Bertz CT molecular complexity index is 365. The van der Waals surface area contributed by atoms with Crippen LogP contribution in [0.15, 0.2) is 0 Å².